The Balaban J connectivity index is 2.10. The van der Waals surface area contributed by atoms with Gasteiger partial charge in [-0.2, -0.15) is 0 Å². The van der Waals surface area contributed by atoms with Gasteiger partial charge in [0.2, 0.25) is 0 Å². The molecule has 0 saturated heterocycles. The third kappa shape index (κ3) is 3.69. The Bertz CT molecular complexity index is 798. The summed E-state index contributed by atoms with van der Waals surface area (Å²) in [6.45, 7) is 13.9. The number of aliphatic hydroxyl groups is 1. The van der Waals surface area contributed by atoms with Crippen LogP contribution in [-0.2, 0) is 0 Å². The minimum absolute atomic E-state index is 0.154. The van der Waals surface area contributed by atoms with Gasteiger partial charge < -0.3 is 10.0 Å². The van der Waals surface area contributed by atoms with E-state index in [4.69, 9.17) is 0 Å². The van der Waals surface area contributed by atoms with E-state index in [2.05, 4.69) is 89.7 Å². The van der Waals surface area contributed by atoms with Crippen LogP contribution in [0.5, 0.6) is 0 Å². The molecule has 2 saturated carbocycles. The molecule has 0 aliphatic heterocycles. The SMILES string of the molecule is CC#C[C@]1(O)CC[C@H]2[C@H](C)[C@@H](C(C)(C)CCC)[C@@H](c3ccc(N(C)C)cc3)C[C@@]21C. The summed E-state index contributed by atoms with van der Waals surface area (Å²) in [7, 11) is 4.19. The van der Waals surface area contributed by atoms with Crippen molar-refractivity contribution in [3.63, 3.8) is 0 Å². The number of rotatable bonds is 5. The third-order valence-electron chi connectivity index (χ3n) is 8.83. The molecule has 2 aliphatic rings. The fraction of sp³-hybridized carbons (Fsp3) is 0.714. The Morgan fingerprint density at radius 3 is 2.37 bits per heavy atom. The molecular weight excluding hydrogens is 366 g/mol. The van der Waals surface area contributed by atoms with E-state index in [0.717, 1.165) is 19.3 Å². The zero-order valence-electron chi connectivity index (χ0n) is 20.5. The number of hydrogen-bond acceptors (Lipinski definition) is 2. The van der Waals surface area contributed by atoms with Crippen molar-refractivity contribution in [3.8, 4) is 11.8 Å². The molecule has 0 amide bonds. The topological polar surface area (TPSA) is 23.5 Å². The van der Waals surface area contributed by atoms with Crippen LogP contribution in [0.4, 0.5) is 5.69 Å². The van der Waals surface area contributed by atoms with Crippen LogP contribution >= 0.6 is 0 Å². The van der Waals surface area contributed by atoms with Crippen LogP contribution in [0, 0.1) is 40.4 Å². The summed E-state index contributed by atoms with van der Waals surface area (Å²) in [5.41, 5.74) is 1.93. The summed E-state index contributed by atoms with van der Waals surface area (Å²) < 4.78 is 0. The van der Waals surface area contributed by atoms with Crippen molar-refractivity contribution >= 4 is 5.69 Å². The molecule has 1 aromatic carbocycles. The third-order valence-corrected chi connectivity index (χ3v) is 8.83. The quantitative estimate of drug-likeness (QED) is 0.562. The smallest absolute Gasteiger partial charge is 0.131 e. The first-order chi connectivity index (χ1) is 14.0. The summed E-state index contributed by atoms with van der Waals surface area (Å²) in [5.74, 6) is 8.46. The lowest BCUT2D eigenvalue weighted by Crippen LogP contribution is -2.54. The molecular formula is C28H43NO. The maximum absolute atomic E-state index is 11.7. The second-order valence-electron chi connectivity index (χ2n) is 11.2. The maximum atomic E-state index is 11.7. The highest BCUT2D eigenvalue weighted by Gasteiger charge is 2.63. The molecule has 0 bridgehead atoms. The molecule has 1 N–H and O–H groups in total. The molecule has 0 unspecified atom stereocenters. The summed E-state index contributed by atoms with van der Waals surface area (Å²) in [6, 6.07) is 9.19. The minimum Gasteiger partial charge on any atom is -0.378 e. The Kier molecular flexibility index (Phi) is 6.37. The molecule has 0 aromatic heterocycles. The normalized spacial score (nSPS) is 36.0. The van der Waals surface area contributed by atoms with Crippen molar-refractivity contribution in [1.82, 2.24) is 0 Å². The van der Waals surface area contributed by atoms with E-state index in [-0.39, 0.29) is 10.8 Å². The second kappa shape index (κ2) is 8.23. The van der Waals surface area contributed by atoms with Crippen molar-refractivity contribution in [1.29, 1.82) is 0 Å². The van der Waals surface area contributed by atoms with Gasteiger partial charge in [0, 0.05) is 25.2 Å². The Morgan fingerprint density at radius 1 is 1.20 bits per heavy atom. The first-order valence-electron chi connectivity index (χ1n) is 11.9. The largest absolute Gasteiger partial charge is 0.378 e. The Morgan fingerprint density at radius 2 is 1.83 bits per heavy atom. The molecule has 0 heterocycles. The van der Waals surface area contributed by atoms with Gasteiger partial charge in [0.1, 0.15) is 5.60 Å². The average molecular weight is 410 g/mol. The minimum atomic E-state index is -0.859. The van der Waals surface area contributed by atoms with Crippen molar-refractivity contribution in [2.24, 2.45) is 28.6 Å². The summed E-state index contributed by atoms with van der Waals surface area (Å²) in [4.78, 5) is 2.16. The van der Waals surface area contributed by atoms with E-state index < -0.39 is 5.60 Å². The van der Waals surface area contributed by atoms with Gasteiger partial charge in [-0.25, -0.2) is 0 Å². The molecule has 2 nitrogen and oxygen atoms in total. The molecule has 2 aliphatic carbocycles. The number of hydrogen-bond donors (Lipinski definition) is 1. The average Bonchev–Trinajstić information content (AvgIpc) is 2.93. The lowest BCUT2D eigenvalue weighted by molar-refractivity contribution is -0.0985. The van der Waals surface area contributed by atoms with Crippen molar-refractivity contribution < 1.29 is 5.11 Å². The molecule has 2 heteroatoms. The van der Waals surface area contributed by atoms with E-state index >= 15 is 0 Å². The van der Waals surface area contributed by atoms with Crippen LogP contribution in [0.2, 0.25) is 0 Å². The first kappa shape index (κ1) is 23.2. The van der Waals surface area contributed by atoms with Crippen LogP contribution in [0.1, 0.15) is 85.1 Å². The van der Waals surface area contributed by atoms with Crippen LogP contribution in [0.25, 0.3) is 0 Å². The summed E-state index contributed by atoms with van der Waals surface area (Å²) in [6.07, 6.45) is 5.39. The van der Waals surface area contributed by atoms with Gasteiger partial charge >= 0.3 is 0 Å². The van der Waals surface area contributed by atoms with Crippen molar-refractivity contribution in [3.05, 3.63) is 29.8 Å². The fourth-order valence-corrected chi connectivity index (χ4v) is 7.46. The van der Waals surface area contributed by atoms with Crippen LogP contribution < -0.4 is 4.90 Å². The van der Waals surface area contributed by atoms with Gasteiger partial charge in [-0.3, -0.25) is 0 Å². The molecule has 3 rings (SSSR count). The molecule has 0 radical (unpaired) electrons. The van der Waals surface area contributed by atoms with E-state index in [0.29, 0.717) is 23.7 Å². The molecule has 6 atom stereocenters. The standard InChI is InChI=1S/C28H43NO/c1-9-16-26(4,5)25-20(3)24-15-18-28(30,17-10-2)27(24,6)19-23(25)21-11-13-22(14-12-21)29(7)8/h11-14,20,23-25,30H,9,15-16,18-19H2,1-8H3/t20-,23+,24-,25+,27-,28-/m0/s1. The van der Waals surface area contributed by atoms with E-state index in [1.54, 1.807) is 0 Å². The van der Waals surface area contributed by atoms with Crippen molar-refractivity contribution in [2.45, 2.75) is 85.2 Å². The van der Waals surface area contributed by atoms with Gasteiger partial charge in [-0.15, -0.1) is 5.92 Å². The predicted octanol–water partition coefficient (Wildman–Crippen LogP) is 6.49. The van der Waals surface area contributed by atoms with E-state index in [1.165, 1.54) is 24.1 Å². The van der Waals surface area contributed by atoms with E-state index in [9.17, 15) is 5.11 Å². The summed E-state index contributed by atoms with van der Waals surface area (Å²) in [5, 5.41) is 11.7. The van der Waals surface area contributed by atoms with Crippen LogP contribution in [0.3, 0.4) is 0 Å². The molecule has 1 aromatic rings. The predicted molar refractivity (Wildman–Crippen MR) is 129 cm³/mol. The summed E-state index contributed by atoms with van der Waals surface area (Å²) >= 11 is 0. The van der Waals surface area contributed by atoms with Gasteiger partial charge in [-0.1, -0.05) is 59.1 Å². The second-order valence-corrected chi connectivity index (χ2v) is 11.2. The monoisotopic (exact) mass is 409 g/mol. The number of fused-ring (bicyclic) bond motifs is 1. The lowest BCUT2D eigenvalue weighted by atomic mass is 9.48. The van der Waals surface area contributed by atoms with Gasteiger partial charge in [0.15, 0.2) is 0 Å². The van der Waals surface area contributed by atoms with Crippen LogP contribution in [-0.4, -0.2) is 24.8 Å². The zero-order chi connectivity index (χ0) is 22.3. The molecule has 30 heavy (non-hydrogen) atoms. The number of anilines is 1. The number of benzene rings is 1. The zero-order valence-corrected chi connectivity index (χ0v) is 20.5. The molecule has 166 valence electrons. The van der Waals surface area contributed by atoms with Gasteiger partial charge in [-0.05, 0) is 79.4 Å². The maximum Gasteiger partial charge on any atom is 0.131 e. The first-order valence-corrected chi connectivity index (χ1v) is 11.9. The highest BCUT2D eigenvalue weighted by molar-refractivity contribution is 5.47. The van der Waals surface area contributed by atoms with Gasteiger partial charge in [0.05, 0.1) is 0 Å². The fourth-order valence-electron chi connectivity index (χ4n) is 7.46. The highest BCUT2D eigenvalue weighted by atomic mass is 16.3. The Hall–Kier alpha value is -1.46. The Labute approximate surface area is 185 Å². The lowest BCUT2D eigenvalue weighted by Gasteiger charge is -2.57. The number of nitrogens with zero attached hydrogens (tertiary/aromatic N) is 1. The van der Waals surface area contributed by atoms with Crippen molar-refractivity contribution in [2.75, 3.05) is 19.0 Å². The van der Waals surface area contributed by atoms with Gasteiger partial charge in [0.25, 0.3) is 0 Å². The molecule has 0 spiro atoms. The highest BCUT2D eigenvalue weighted by Crippen LogP contribution is 2.66. The van der Waals surface area contributed by atoms with E-state index in [1.807, 2.05) is 6.92 Å². The van der Waals surface area contributed by atoms with Crippen LogP contribution in [0.15, 0.2) is 24.3 Å². The molecule has 2 fully saturated rings.